The lowest BCUT2D eigenvalue weighted by Gasteiger charge is -2.04. The van der Waals surface area contributed by atoms with Gasteiger partial charge in [0.2, 0.25) is 0 Å². The lowest BCUT2D eigenvalue weighted by molar-refractivity contribution is -0.384. The minimum atomic E-state index is -0.407. The molecule has 0 aromatic heterocycles. The summed E-state index contributed by atoms with van der Waals surface area (Å²) in [5, 5.41) is 10.4. The molecule has 1 aromatic rings. The first kappa shape index (κ1) is 11.0. The van der Waals surface area contributed by atoms with Crippen molar-refractivity contribution in [3.8, 4) is 0 Å². The van der Waals surface area contributed by atoms with Gasteiger partial charge in [0.25, 0.3) is 5.69 Å². The number of hydrogen-bond donors (Lipinski definition) is 1. The van der Waals surface area contributed by atoms with Gasteiger partial charge in [-0.2, -0.15) is 0 Å². The Morgan fingerprint density at radius 2 is 2.06 bits per heavy atom. The number of non-ortho nitro benzene ring substituents is 1. The summed E-state index contributed by atoms with van der Waals surface area (Å²) in [6.45, 7) is 1.33. The van der Waals surface area contributed by atoms with Gasteiger partial charge < -0.3 is 0 Å². The summed E-state index contributed by atoms with van der Waals surface area (Å²) in [5.41, 5.74) is 3.93. The van der Waals surface area contributed by atoms with Crippen LogP contribution in [0.3, 0.4) is 0 Å². The van der Waals surface area contributed by atoms with Gasteiger partial charge in [-0.1, -0.05) is 0 Å². The van der Waals surface area contributed by atoms with Crippen molar-refractivity contribution in [2.45, 2.75) is 19.4 Å². The summed E-state index contributed by atoms with van der Waals surface area (Å²) in [4.78, 5) is 15.3. The summed E-state index contributed by atoms with van der Waals surface area (Å²) in [7, 11) is 0. The van der Waals surface area contributed by atoms with E-state index in [1.807, 2.05) is 0 Å². The SMILES string of the molecule is O=[N+]([O-])c1ccc(CONCC2CC2)cc1. The molecule has 0 spiro atoms. The van der Waals surface area contributed by atoms with Gasteiger partial charge in [-0.3, -0.25) is 15.0 Å². The highest BCUT2D eigenvalue weighted by Crippen LogP contribution is 2.27. The summed E-state index contributed by atoms with van der Waals surface area (Å²) in [6, 6.07) is 6.38. The van der Waals surface area contributed by atoms with Gasteiger partial charge in [0.05, 0.1) is 11.5 Å². The maximum Gasteiger partial charge on any atom is 0.269 e. The van der Waals surface area contributed by atoms with E-state index in [0.29, 0.717) is 6.61 Å². The molecule has 0 saturated heterocycles. The van der Waals surface area contributed by atoms with Crippen molar-refractivity contribution in [3.63, 3.8) is 0 Å². The van der Waals surface area contributed by atoms with Crippen molar-refractivity contribution in [1.82, 2.24) is 5.48 Å². The monoisotopic (exact) mass is 222 g/mol. The van der Waals surface area contributed by atoms with Crippen LogP contribution in [0.2, 0.25) is 0 Å². The van der Waals surface area contributed by atoms with E-state index in [1.54, 1.807) is 12.1 Å². The average molecular weight is 222 g/mol. The smallest absolute Gasteiger partial charge is 0.269 e. The van der Waals surface area contributed by atoms with Crippen LogP contribution in [-0.4, -0.2) is 11.5 Å². The highest BCUT2D eigenvalue weighted by Gasteiger charge is 2.20. The molecule has 0 atom stereocenters. The Morgan fingerprint density at radius 1 is 1.38 bits per heavy atom. The Morgan fingerprint density at radius 3 is 2.62 bits per heavy atom. The van der Waals surface area contributed by atoms with E-state index in [-0.39, 0.29) is 5.69 Å². The molecule has 16 heavy (non-hydrogen) atoms. The fraction of sp³-hybridized carbons (Fsp3) is 0.455. The van der Waals surface area contributed by atoms with Gasteiger partial charge in [0.1, 0.15) is 0 Å². The normalized spacial score (nSPS) is 15.0. The molecule has 0 aliphatic heterocycles. The Hall–Kier alpha value is -1.46. The third kappa shape index (κ3) is 3.29. The van der Waals surface area contributed by atoms with E-state index < -0.39 is 4.92 Å². The largest absolute Gasteiger partial charge is 0.297 e. The average Bonchev–Trinajstić information content (AvgIpc) is 3.09. The molecule has 1 aromatic carbocycles. The Kier molecular flexibility index (Phi) is 3.48. The fourth-order valence-electron chi connectivity index (χ4n) is 1.35. The molecule has 5 nitrogen and oxygen atoms in total. The maximum absolute atomic E-state index is 10.4. The lowest BCUT2D eigenvalue weighted by Crippen LogP contribution is -2.17. The molecule has 0 amide bonds. The van der Waals surface area contributed by atoms with Crippen molar-refractivity contribution < 1.29 is 9.76 Å². The van der Waals surface area contributed by atoms with Crippen LogP contribution in [0.1, 0.15) is 18.4 Å². The second-order valence-corrected chi connectivity index (χ2v) is 4.00. The van der Waals surface area contributed by atoms with E-state index >= 15 is 0 Å². The van der Waals surface area contributed by atoms with Crippen LogP contribution in [0.4, 0.5) is 5.69 Å². The van der Waals surface area contributed by atoms with Crippen LogP contribution in [0.15, 0.2) is 24.3 Å². The molecule has 0 radical (unpaired) electrons. The molecule has 0 heterocycles. The minimum absolute atomic E-state index is 0.106. The Bertz CT molecular complexity index is 360. The van der Waals surface area contributed by atoms with E-state index in [1.165, 1.54) is 25.0 Å². The van der Waals surface area contributed by atoms with Crippen LogP contribution in [0.25, 0.3) is 0 Å². The quantitative estimate of drug-likeness (QED) is 0.454. The van der Waals surface area contributed by atoms with Crippen LogP contribution in [0.5, 0.6) is 0 Å². The van der Waals surface area contributed by atoms with E-state index in [2.05, 4.69) is 5.48 Å². The third-order valence-corrected chi connectivity index (χ3v) is 2.56. The second-order valence-electron chi connectivity index (χ2n) is 4.00. The van der Waals surface area contributed by atoms with Gasteiger partial charge in [0, 0.05) is 18.7 Å². The Labute approximate surface area is 93.5 Å². The second kappa shape index (κ2) is 5.05. The predicted molar refractivity (Wildman–Crippen MR) is 58.6 cm³/mol. The van der Waals surface area contributed by atoms with Gasteiger partial charge >= 0.3 is 0 Å². The van der Waals surface area contributed by atoms with E-state index in [0.717, 1.165) is 18.0 Å². The summed E-state index contributed by atoms with van der Waals surface area (Å²) in [6.07, 6.45) is 2.57. The van der Waals surface area contributed by atoms with Crippen LogP contribution < -0.4 is 5.48 Å². The third-order valence-electron chi connectivity index (χ3n) is 2.56. The molecule has 1 aliphatic carbocycles. The molecule has 1 fully saturated rings. The number of hydrogen-bond acceptors (Lipinski definition) is 4. The number of nitro benzene ring substituents is 1. The fourth-order valence-corrected chi connectivity index (χ4v) is 1.35. The number of nitro groups is 1. The topological polar surface area (TPSA) is 64.4 Å². The molecular weight excluding hydrogens is 208 g/mol. The first-order valence-electron chi connectivity index (χ1n) is 5.33. The van der Waals surface area contributed by atoms with Gasteiger partial charge in [-0.25, -0.2) is 5.48 Å². The molecule has 1 N–H and O–H groups in total. The lowest BCUT2D eigenvalue weighted by atomic mass is 10.2. The van der Waals surface area contributed by atoms with Gasteiger partial charge in [-0.05, 0) is 36.5 Å². The number of nitrogens with one attached hydrogen (secondary N) is 1. The molecule has 0 unspecified atom stereocenters. The number of hydroxylamine groups is 1. The number of nitrogens with zero attached hydrogens (tertiary/aromatic N) is 1. The summed E-state index contributed by atoms with van der Waals surface area (Å²) in [5.74, 6) is 0.775. The van der Waals surface area contributed by atoms with E-state index in [4.69, 9.17) is 4.84 Å². The van der Waals surface area contributed by atoms with E-state index in [9.17, 15) is 10.1 Å². The van der Waals surface area contributed by atoms with Crippen molar-refractivity contribution >= 4 is 5.69 Å². The highest BCUT2D eigenvalue weighted by molar-refractivity contribution is 5.32. The summed E-state index contributed by atoms with van der Waals surface area (Å²) >= 11 is 0. The van der Waals surface area contributed by atoms with Crippen LogP contribution >= 0.6 is 0 Å². The Balaban J connectivity index is 1.73. The summed E-state index contributed by atoms with van der Waals surface area (Å²) < 4.78 is 0. The standard InChI is InChI=1S/C11H14N2O3/c14-13(15)11-5-3-10(4-6-11)8-16-12-7-9-1-2-9/h3-6,9,12H,1-2,7-8H2. The van der Waals surface area contributed by atoms with Crippen molar-refractivity contribution in [3.05, 3.63) is 39.9 Å². The zero-order valence-corrected chi connectivity index (χ0v) is 8.89. The zero-order chi connectivity index (χ0) is 11.4. The van der Waals surface area contributed by atoms with Crippen LogP contribution in [-0.2, 0) is 11.4 Å². The molecular formula is C11H14N2O3. The van der Waals surface area contributed by atoms with Gasteiger partial charge in [-0.15, -0.1) is 0 Å². The van der Waals surface area contributed by atoms with Crippen molar-refractivity contribution in [2.75, 3.05) is 6.54 Å². The molecule has 5 heteroatoms. The molecule has 86 valence electrons. The predicted octanol–water partition coefficient (Wildman–Crippen LogP) is 2.03. The minimum Gasteiger partial charge on any atom is -0.297 e. The van der Waals surface area contributed by atoms with Gasteiger partial charge in [0.15, 0.2) is 0 Å². The van der Waals surface area contributed by atoms with Crippen LogP contribution in [0, 0.1) is 16.0 Å². The number of benzene rings is 1. The highest BCUT2D eigenvalue weighted by atomic mass is 16.6. The molecule has 0 bridgehead atoms. The number of rotatable bonds is 6. The molecule has 2 rings (SSSR count). The molecule has 1 aliphatic rings. The zero-order valence-electron chi connectivity index (χ0n) is 8.89. The van der Waals surface area contributed by atoms with Crippen molar-refractivity contribution in [1.29, 1.82) is 0 Å². The molecule has 1 saturated carbocycles. The van der Waals surface area contributed by atoms with Crippen molar-refractivity contribution in [2.24, 2.45) is 5.92 Å². The first-order chi connectivity index (χ1) is 7.75. The maximum atomic E-state index is 10.4. The first-order valence-corrected chi connectivity index (χ1v) is 5.33.